The van der Waals surface area contributed by atoms with Crippen LogP contribution in [-0.4, -0.2) is 34.1 Å². The third kappa shape index (κ3) is 2.54. The number of aromatic carboxylic acids is 1. The Morgan fingerprint density at radius 3 is 2.77 bits per heavy atom. The van der Waals surface area contributed by atoms with E-state index in [0.29, 0.717) is 47.1 Å². The Bertz CT molecular complexity index is 1340. The molecule has 2 aromatic heterocycles. The van der Waals surface area contributed by atoms with Gasteiger partial charge in [0.15, 0.2) is 11.6 Å². The molecule has 8 heteroatoms. The van der Waals surface area contributed by atoms with Crippen LogP contribution >= 0.6 is 0 Å². The van der Waals surface area contributed by atoms with Crippen LogP contribution in [0.1, 0.15) is 29.6 Å². The SMILES string of the molecule is NC1(C2CCN(c3c(F)cn4c(=O)c(C(=O)O)cc5c4c3-c3ccccc3O5)C2)CC1. The average Bonchev–Trinajstić information content (AvgIpc) is 3.30. The Balaban J connectivity index is 1.64. The molecule has 1 saturated heterocycles. The van der Waals surface area contributed by atoms with Crippen molar-refractivity contribution in [3.05, 3.63) is 58.3 Å². The summed E-state index contributed by atoms with van der Waals surface area (Å²) >= 11 is 0. The van der Waals surface area contributed by atoms with Gasteiger partial charge >= 0.3 is 5.97 Å². The third-order valence-electron chi connectivity index (χ3n) is 6.89. The van der Waals surface area contributed by atoms with Gasteiger partial charge < -0.3 is 20.5 Å². The lowest BCUT2D eigenvalue weighted by atomic mass is 9.96. The highest BCUT2D eigenvalue weighted by molar-refractivity contribution is 6.00. The lowest BCUT2D eigenvalue weighted by Crippen LogP contribution is -2.35. The van der Waals surface area contributed by atoms with Gasteiger partial charge in [0.05, 0.1) is 11.9 Å². The standard InChI is InChI=1S/C23H20FN3O4/c24-15-11-27-20-17(9-14(21(27)28)22(29)30)31-16-4-2-1-3-13(16)18(20)19(15)26-8-5-12(10-26)23(25)6-7-23/h1-4,9,11-12H,5-8,10,25H2,(H,29,30). The molecule has 0 bridgehead atoms. The number of ether oxygens (including phenoxy) is 1. The predicted octanol–water partition coefficient (Wildman–Crippen LogP) is 3.23. The Morgan fingerprint density at radius 1 is 1.26 bits per heavy atom. The van der Waals surface area contributed by atoms with Crippen LogP contribution in [0, 0.1) is 11.7 Å². The molecule has 1 atom stereocenters. The van der Waals surface area contributed by atoms with E-state index in [1.54, 1.807) is 12.1 Å². The van der Waals surface area contributed by atoms with Crippen LogP contribution in [0.15, 0.2) is 41.3 Å². The molecule has 1 aliphatic carbocycles. The zero-order valence-corrected chi connectivity index (χ0v) is 16.6. The molecule has 2 fully saturated rings. The van der Waals surface area contributed by atoms with Crippen LogP contribution in [0.4, 0.5) is 10.1 Å². The number of fused-ring (bicyclic) bond motifs is 2. The summed E-state index contributed by atoms with van der Waals surface area (Å²) in [6.07, 6.45) is 3.95. The zero-order chi connectivity index (χ0) is 21.5. The maximum absolute atomic E-state index is 15.6. The van der Waals surface area contributed by atoms with Gasteiger partial charge in [0.1, 0.15) is 16.8 Å². The molecule has 1 unspecified atom stereocenters. The maximum atomic E-state index is 15.6. The number of rotatable bonds is 3. The van der Waals surface area contributed by atoms with Crippen molar-refractivity contribution in [2.75, 3.05) is 18.0 Å². The number of pyridine rings is 2. The van der Waals surface area contributed by atoms with Crippen LogP contribution in [0.3, 0.4) is 0 Å². The van der Waals surface area contributed by atoms with Crippen molar-refractivity contribution in [1.82, 2.24) is 4.40 Å². The molecule has 0 amide bonds. The van der Waals surface area contributed by atoms with Gasteiger partial charge in [-0.05, 0) is 31.2 Å². The number of carboxylic acids is 1. The van der Waals surface area contributed by atoms with Gasteiger partial charge in [0.25, 0.3) is 5.56 Å². The summed E-state index contributed by atoms with van der Waals surface area (Å²) < 4.78 is 22.6. The third-order valence-corrected chi connectivity index (χ3v) is 6.89. The van der Waals surface area contributed by atoms with E-state index in [-0.39, 0.29) is 11.3 Å². The molecule has 6 rings (SSSR count). The molecule has 31 heavy (non-hydrogen) atoms. The van der Waals surface area contributed by atoms with Crippen LogP contribution < -0.4 is 20.9 Å². The second-order valence-corrected chi connectivity index (χ2v) is 8.71. The number of benzene rings is 1. The smallest absolute Gasteiger partial charge is 0.341 e. The first-order valence-electron chi connectivity index (χ1n) is 10.3. The number of nitrogens with two attached hydrogens (primary N) is 1. The summed E-state index contributed by atoms with van der Waals surface area (Å²) in [5.41, 5.74) is 7.02. The number of hydrogen-bond donors (Lipinski definition) is 2. The van der Waals surface area contributed by atoms with E-state index >= 15 is 4.39 Å². The molecular weight excluding hydrogens is 401 g/mol. The van der Waals surface area contributed by atoms with E-state index in [1.165, 1.54) is 6.07 Å². The number of hydrogen-bond acceptors (Lipinski definition) is 5. The molecule has 1 aromatic carbocycles. The summed E-state index contributed by atoms with van der Waals surface area (Å²) in [6, 6.07) is 8.43. The molecule has 158 valence electrons. The summed E-state index contributed by atoms with van der Waals surface area (Å²) in [6.45, 7) is 1.31. The highest BCUT2D eigenvalue weighted by atomic mass is 19.1. The Kier molecular flexibility index (Phi) is 3.60. The lowest BCUT2D eigenvalue weighted by molar-refractivity contribution is 0.0694. The van der Waals surface area contributed by atoms with Crippen LogP contribution in [0.5, 0.6) is 11.5 Å². The summed E-state index contributed by atoms with van der Waals surface area (Å²) in [5.74, 6) is -0.949. The van der Waals surface area contributed by atoms with E-state index in [9.17, 15) is 14.7 Å². The fraction of sp³-hybridized carbons (Fsp3) is 0.304. The fourth-order valence-corrected chi connectivity index (χ4v) is 5.05. The van der Waals surface area contributed by atoms with Gasteiger partial charge in [-0.3, -0.25) is 9.20 Å². The monoisotopic (exact) mass is 421 g/mol. The highest BCUT2D eigenvalue weighted by Gasteiger charge is 2.48. The van der Waals surface area contributed by atoms with Crippen molar-refractivity contribution < 1.29 is 19.0 Å². The maximum Gasteiger partial charge on any atom is 0.341 e. The predicted molar refractivity (Wildman–Crippen MR) is 113 cm³/mol. The molecule has 1 saturated carbocycles. The average molecular weight is 421 g/mol. The zero-order valence-electron chi connectivity index (χ0n) is 16.6. The topological polar surface area (TPSA) is 97.3 Å². The van der Waals surface area contributed by atoms with Crippen molar-refractivity contribution in [2.45, 2.75) is 24.8 Å². The first-order chi connectivity index (χ1) is 14.9. The molecule has 0 spiro atoms. The van der Waals surface area contributed by atoms with E-state index in [2.05, 4.69) is 0 Å². The second kappa shape index (κ2) is 6.07. The highest BCUT2D eigenvalue weighted by Crippen LogP contribution is 2.51. The summed E-state index contributed by atoms with van der Waals surface area (Å²) in [4.78, 5) is 26.4. The van der Waals surface area contributed by atoms with Gasteiger partial charge in [-0.1, -0.05) is 18.2 Å². The van der Waals surface area contributed by atoms with Gasteiger partial charge in [0, 0.05) is 35.8 Å². The minimum absolute atomic E-state index is 0.154. The largest absolute Gasteiger partial charge is 0.477 e. The van der Waals surface area contributed by atoms with Gasteiger partial charge in [-0.25, -0.2) is 9.18 Å². The van der Waals surface area contributed by atoms with E-state index in [0.717, 1.165) is 29.9 Å². The van der Waals surface area contributed by atoms with Crippen molar-refractivity contribution in [3.8, 4) is 22.6 Å². The number of aromatic nitrogens is 1. The molecule has 2 aliphatic heterocycles. The minimum atomic E-state index is -1.38. The normalized spacial score (nSPS) is 20.5. The Labute approximate surface area is 176 Å². The molecule has 4 heterocycles. The summed E-state index contributed by atoms with van der Waals surface area (Å²) in [7, 11) is 0. The van der Waals surface area contributed by atoms with Crippen molar-refractivity contribution >= 4 is 17.2 Å². The number of anilines is 1. The fourth-order valence-electron chi connectivity index (χ4n) is 5.05. The van der Waals surface area contributed by atoms with Gasteiger partial charge in [-0.2, -0.15) is 0 Å². The van der Waals surface area contributed by atoms with E-state index in [1.807, 2.05) is 17.0 Å². The molecule has 0 radical (unpaired) electrons. The van der Waals surface area contributed by atoms with Crippen molar-refractivity contribution in [3.63, 3.8) is 0 Å². The van der Waals surface area contributed by atoms with E-state index in [4.69, 9.17) is 10.5 Å². The Hall–Kier alpha value is -3.39. The number of carboxylic acid groups (broad SMARTS) is 1. The van der Waals surface area contributed by atoms with Gasteiger partial charge in [0.2, 0.25) is 0 Å². The first-order valence-corrected chi connectivity index (χ1v) is 10.3. The number of halogens is 1. The van der Waals surface area contributed by atoms with Crippen LogP contribution in [0.2, 0.25) is 0 Å². The van der Waals surface area contributed by atoms with Crippen LogP contribution in [0.25, 0.3) is 16.6 Å². The molecule has 3 N–H and O–H groups in total. The Morgan fingerprint density at radius 2 is 2.03 bits per heavy atom. The molecule has 3 aromatic rings. The second-order valence-electron chi connectivity index (χ2n) is 8.71. The minimum Gasteiger partial charge on any atom is -0.477 e. The number of carbonyl (C=O) groups is 1. The molecule has 7 nitrogen and oxygen atoms in total. The first kappa shape index (κ1) is 18.4. The van der Waals surface area contributed by atoms with Crippen molar-refractivity contribution in [1.29, 1.82) is 0 Å². The van der Waals surface area contributed by atoms with Crippen LogP contribution in [-0.2, 0) is 0 Å². The lowest BCUT2D eigenvalue weighted by Gasteiger charge is -2.29. The van der Waals surface area contributed by atoms with Gasteiger partial charge in [-0.15, -0.1) is 0 Å². The van der Waals surface area contributed by atoms with E-state index < -0.39 is 22.9 Å². The summed E-state index contributed by atoms with van der Waals surface area (Å²) in [5, 5.41) is 9.45. The van der Waals surface area contributed by atoms with Crippen molar-refractivity contribution in [2.24, 2.45) is 11.7 Å². The molecular formula is C23H20FN3O4. The quantitative estimate of drug-likeness (QED) is 0.527. The number of nitrogens with zero attached hydrogens (tertiary/aromatic N) is 2. The molecule has 3 aliphatic rings. The number of para-hydroxylation sites is 1.